The van der Waals surface area contributed by atoms with Crippen LogP contribution in [0.2, 0.25) is 0 Å². The molecule has 24 heavy (non-hydrogen) atoms. The van der Waals surface area contributed by atoms with Crippen molar-refractivity contribution < 1.29 is 13.2 Å². The predicted molar refractivity (Wildman–Crippen MR) is 92.1 cm³/mol. The summed E-state index contributed by atoms with van der Waals surface area (Å²) in [5, 5.41) is 0. The van der Waals surface area contributed by atoms with Gasteiger partial charge in [-0.25, -0.2) is 13.1 Å². The Morgan fingerprint density at radius 1 is 1.25 bits per heavy atom. The van der Waals surface area contributed by atoms with Gasteiger partial charge < -0.3 is 10.6 Å². The number of hydrogen-bond donors (Lipinski definition) is 2. The molecule has 1 saturated heterocycles. The van der Waals surface area contributed by atoms with E-state index in [0.29, 0.717) is 18.0 Å². The van der Waals surface area contributed by atoms with Crippen molar-refractivity contribution >= 4 is 15.9 Å². The minimum absolute atomic E-state index is 0.0427. The van der Waals surface area contributed by atoms with Crippen LogP contribution in [-0.4, -0.2) is 44.9 Å². The van der Waals surface area contributed by atoms with Crippen LogP contribution < -0.4 is 10.5 Å². The summed E-state index contributed by atoms with van der Waals surface area (Å²) >= 11 is 0. The molecule has 0 aromatic heterocycles. The number of amides is 1. The van der Waals surface area contributed by atoms with E-state index < -0.39 is 10.0 Å². The molecule has 132 valence electrons. The van der Waals surface area contributed by atoms with Crippen molar-refractivity contribution in [3.63, 3.8) is 0 Å². The van der Waals surface area contributed by atoms with Gasteiger partial charge in [0.15, 0.2) is 0 Å². The van der Waals surface area contributed by atoms with Gasteiger partial charge in [0.2, 0.25) is 15.9 Å². The third-order valence-corrected chi connectivity index (χ3v) is 6.30. The molecule has 3 N–H and O–H groups in total. The highest BCUT2D eigenvalue weighted by Gasteiger charge is 2.24. The van der Waals surface area contributed by atoms with E-state index in [0.717, 1.165) is 31.2 Å². The second kappa shape index (κ2) is 7.21. The molecule has 1 fully saturated rings. The number of nitrogens with zero attached hydrogens (tertiary/aromatic N) is 1. The third-order valence-electron chi connectivity index (χ3n) is 4.84. The SMILES string of the molecule is N[C@@H]1CCN(C(=O)CCNS(=O)(=O)c2ccc3c(c2)CCCC3)C1. The van der Waals surface area contributed by atoms with Gasteiger partial charge in [0, 0.05) is 32.1 Å². The van der Waals surface area contributed by atoms with E-state index >= 15 is 0 Å². The van der Waals surface area contributed by atoms with Crippen LogP contribution in [0.15, 0.2) is 23.1 Å². The molecule has 0 saturated carbocycles. The number of benzene rings is 1. The van der Waals surface area contributed by atoms with Gasteiger partial charge in [-0.3, -0.25) is 4.79 Å². The molecule has 1 amide bonds. The Morgan fingerprint density at radius 2 is 2.00 bits per heavy atom. The van der Waals surface area contributed by atoms with Crippen LogP contribution in [-0.2, 0) is 27.7 Å². The highest BCUT2D eigenvalue weighted by molar-refractivity contribution is 7.89. The third kappa shape index (κ3) is 3.96. The smallest absolute Gasteiger partial charge is 0.240 e. The van der Waals surface area contributed by atoms with Crippen LogP contribution in [0, 0.1) is 0 Å². The molecule has 0 spiro atoms. The number of nitrogens with one attached hydrogen (secondary N) is 1. The van der Waals surface area contributed by atoms with E-state index in [1.807, 2.05) is 6.07 Å². The fourth-order valence-corrected chi connectivity index (χ4v) is 4.51. The van der Waals surface area contributed by atoms with E-state index in [1.165, 1.54) is 12.0 Å². The van der Waals surface area contributed by atoms with Gasteiger partial charge in [0.25, 0.3) is 0 Å². The number of hydrogen-bond acceptors (Lipinski definition) is 4. The average molecular weight is 351 g/mol. The predicted octanol–water partition coefficient (Wildman–Crippen LogP) is 0.793. The maximum atomic E-state index is 12.4. The van der Waals surface area contributed by atoms with Crippen molar-refractivity contribution in [3.05, 3.63) is 29.3 Å². The molecule has 1 aliphatic heterocycles. The summed E-state index contributed by atoms with van der Waals surface area (Å²) in [6, 6.07) is 5.40. The largest absolute Gasteiger partial charge is 0.341 e. The van der Waals surface area contributed by atoms with Gasteiger partial charge in [0.05, 0.1) is 4.90 Å². The molecule has 1 aromatic rings. The lowest BCUT2D eigenvalue weighted by molar-refractivity contribution is -0.130. The molecular weight excluding hydrogens is 326 g/mol. The highest BCUT2D eigenvalue weighted by Crippen LogP contribution is 2.24. The molecule has 1 aromatic carbocycles. The zero-order valence-electron chi connectivity index (χ0n) is 13.8. The topological polar surface area (TPSA) is 92.5 Å². The van der Waals surface area contributed by atoms with E-state index in [1.54, 1.807) is 17.0 Å². The average Bonchev–Trinajstić information content (AvgIpc) is 3.01. The number of carbonyl (C=O) groups is 1. The van der Waals surface area contributed by atoms with Crippen molar-refractivity contribution in [1.29, 1.82) is 0 Å². The zero-order valence-corrected chi connectivity index (χ0v) is 14.6. The molecule has 1 aliphatic carbocycles. The van der Waals surface area contributed by atoms with Gasteiger partial charge in [-0.15, -0.1) is 0 Å². The van der Waals surface area contributed by atoms with Crippen molar-refractivity contribution in [2.45, 2.75) is 49.5 Å². The van der Waals surface area contributed by atoms with Crippen molar-refractivity contribution in [2.75, 3.05) is 19.6 Å². The summed E-state index contributed by atoms with van der Waals surface area (Å²) < 4.78 is 27.4. The lowest BCUT2D eigenvalue weighted by Gasteiger charge is -2.17. The minimum Gasteiger partial charge on any atom is -0.341 e. The van der Waals surface area contributed by atoms with Crippen molar-refractivity contribution in [3.8, 4) is 0 Å². The second-order valence-corrected chi connectivity index (χ2v) is 8.44. The molecule has 3 rings (SSSR count). The number of rotatable bonds is 5. The fourth-order valence-electron chi connectivity index (χ4n) is 3.42. The van der Waals surface area contributed by atoms with Crippen molar-refractivity contribution in [2.24, 2.45) is 5.73 Å². The summed E-state index contributed by atoms with van der Waals surface area (Å²) in [5.41, 5.74) is 8.17. The van der Waals surface area contributed by atoms with Gasteiger partial charge in [-0.1, -0.05) is 6.07 Å². The minimum atomic E-state index is -3.57. The molecule has 0 unspecified atom stereocenters. The maximum absolute atomic E-state index is 12.4. The standard InChI is InChI=1S/C17H25N3O3S/c18-15-8-10-20(12-15)17(21)7-9-19-24(22,23)16-6-5-13-3-1-2-4-14(13)11-16/h5-6,11,15,19H,1-4,7-10,12,18H2/t15-/m1/s1. The fraction of sp³-hybridized carbons (Fsp3) is 0.588. The first-order valence-corrected chi connectivity index (χ1v) is 10.1. The number of carbonyl (C=O) groups excluding carboxylic acids is 1. The molecular formula is C17H25N3O3S. The highest BCUT2D eigenvalue weighted by atomic mass is 32.2. The first-order chi connectivity index (χ1) is 11.5. The van der Waals surface area contributed by atoms with Gasteiger partial charge in [0.1, 0.15) is 0 Å². The Labute approximate surface area is 143 Å². The monoisotopic (exact) mass is 351 g/mol. The lowest BCUT2D eigenvalue weighted by atomic mass is 9.92. The lowest BCUT2D eigenvalue weighted by Crippen LogP contribution is -2.34. The number of nitrogens with two attached hydrogens (primary N) is 1. The summed E-state index contributed by atoms with van der Waals surface area (Å²) in [4.78, 5) is 14.0. The molecule has 7 heteroatoms. The summed E-state index contributed by atoms with van der Waals surface area (Å²) in [7, 11) is -3.57. The normalized spacial score (nSPS) is 20.9. The summed E-state index contributed by atoms with van der Waals surface area (Å²) in [6.07, 6.45) is 5.21. The number of likely N-dealkylation sites (tertiary alicyclic amines) is 1. The Kier molecular flexibility index (Phi) is 5.22. The summed E-state index contributed by atoms with van der Waals surface area (Å²) in [5.74, 6) is -0.0453. The number of aryl methyl sites for hydroxylation is 2. The van der Waals surface area contributed by atoms with Gasteiger partial charge >= 0.3 is 0 Å². The summed E-state index contributed by atoms with van der Waals surface area (Å²) in [6.45, 7) is 1.35. The van der Waals surface area contributed by atoms with Crippen molar-refractivity contribution in [1.82, 2.24) is 9.62 Å². The Bertz CT molecular complexity index is 718. The van der Waals surface area contributed by atoms with Crippen LogP contribution in [0.25, 0.3) is 0 Å². The number of sulfonamides is 1. The zero-order chi connectivity index (χ0) is 17.2. The van der Waals surface area contributed by atoms with Crippen LogP contribution >= 0.6 is 0 Å². The molecule has 0 radical (unpaired) electrons. The van der Waals surface area contributed by atoms with E-state index in [9.17, 15) is 13.2 Å². The van der Waals surface area contributed by atoms with Gasteiger partial charge in [-0.2, -0.15) is 0 Å². The quantitative estimate of drug-likeness (QED) is 0.820. The first kappa shape index (κ1) is 17.4. The first-order valence-electron chi connectivity index (χ1n) is 8.60. The molecule has 1 atom stereocenters. The molecule has 0 bridgehead atoms. The van der Waals surface area contributed by atoms with Gasteiger partial charge in [-0.05, 0) is 55.4 Å². The van der Waals surface area contributed by atoms with Crippen LogP contribution in [0.1, 0.15) is 36.8 Å². The Morgan fingerprint density at radius 3 is 2.71 bits per heavy atom. The van der Waals surface area contributed by atoms with Crippen LogP contribution in [0.4, 0.5) is 0 Å². The maximum Gasteiger partial charge on any atom is 0.240 e. The van der Waals surface area contributed by atoms with E-state index in [4.69, 9.17) is 5.73 Å². The molecule has 6 nitrogen and oxygen atoms in total. The number of fused-ring (bicyclic) bond motifs is 1. The Balaban J connectivity index is 1.57. The molecule has 1 heterocycles. The second-order valence-electron chi connectivity index (χ2n) is 6.67. The van der Waals surface area contributed by atoms with E-state index in [-0.39, 0.29) is 24.9 Å². The Hall–Kier alpha value is -1.44. The van der Waals surface area contributed by atoms with Crippen LogP contribution in [0.3, 0.4) is 0 Å². The molecule has 2 aliphatic rings. The van der Waals surface area contributed by atoms with Crippen LogP contribution in [0.5, 0.6) is 0 Å². The van der Waals surface area contributed by atoms with E-state index in [2.05, 4.69) is 4.72 Å².